The molecule has 10 nitrogen and oxygen atoms in total. The van der Waals surface area contributed by atoms with E-state index in [1.54, 1.807) is 16.8 Å². The summed E-state index contributed by atoms with van der Waals surface area (Å²) in [6, 6.07) is 9.64. The van der Waals surface area contributed by atoms with E-state index in [4.69, 9.17) is 16.2 Å². The fraction of sp³-hybridized carbons (Fsp3) is 0.318. The molecule has 0 radical (unpaired) electrons. The van der Waals surface area contributed by atoms with Gasteiger partial charge in [-0.25, -0.2) is 15.0 Å². The number of aliphatic hydroxyl groups excluding tert-OH is 2. The number of nitrogens with one attached hydrogen (secondary N) is 1. The van der Waals surface area contributed by atoms with E-state index in [-0.39, 0.29) is 6.04 Å². The maximum Gasteiger partial charge on any atom is 0.164 e. The molecule has 6 rings (SSSR count). The van der Waals surface area contributed by atoms with E-state index in [0.29, 0.717) is 35.6 Å². The van der Waals surface area contributed by atoms with Crippen molar-refractivity contribution in [2.45, 2.75) is 36.5 Å². The second kappa shape index (κ2) is 7.34. The molecule has 2 saturated heterocycles. The molecule has 0 aliphatic carbocycles. The fourth-order valence-electron chi connectivity index (χ4n) is 4.99. The van der Waals surface area contributed by atoms with Crippen molar-refractivity contribution in [1.82, 2.24) is 24.8 Å². The van der Waals surface area contributed by atoms with Crippen LogP contribution in [-0.4, -0.2) is 54.1 Å². The molecular weight excluding hydrogens is 490 g/mol. The van der Waals surface area contributed by atoms with Crippen LogP contribution < -0.4 is 16.8 Å². The smallest absolute Gasteiger partial charge is 0.164 e. The van der Waals surface area contributed by atoms with Gasteiger partial charge in [0.1, 0.15) is 41.4 Å². The molecule has 2 aliphatic rings. The number of rotatable bonds is 2. The summed E-state index contributed by atoms with van der Waals surface area (Å²) in [6.07, 6.45) is 0.577. The number of pyridine rings is 1. The van der Waals surface area contributed by atoms with Crippen LogP contribution in [0.2, 0.25) is 0 Å². The van der Waals surface area contributed by atoms with Crippen LogP contribution in [0.5, 0.6) is 0 Å². The van der Waals surface area contributed by atoms with Crippen molar-refractivity contribution in [1.29, 1.82) is 0 Å². The highest BCUT2D eigenvalue weighted by atomic mass is 79.9. The lowest BCUT2D eigenvalue weighted by atomic mass is 9.90. The number of nitrogens with zero attached hydrogens (tertiary/aromatic N) is 4. The van der Waals surface area contributed by atoms with Crippen LogP contribution in [0.4, 0.5) is 11.6 Å². The molecule has 2 fully saturated rings. The van der Waals surface area contributed by atoms with E-state index in [9.17, 15) is 10.2 Å². The molecule has 5 atom stereocenters. The lowest BCUT2D eigenvalue weighted by Gasteiger charge is -2.26. The van der Waals surface area contributed by atoms with Crippen molar-refractivity contribution in [3.8, 4) is 0 Å². The molecule has 5 heterocycles. The number of nitrogens with two attached hydrogens (primary N) is 2. The van der Waals surface area contributed by atoms with Crippen molar-refractivity contribution in [3.05, 3.63) is 52.9 Å². The van der Waals surface area contributed by atoms with Gasteiger partial charge in [0.2, 0.25) is 0 Å². The number of nitrogen functional groups attached to an aromatic ring is 2. The summed E-state index contributed by atoms with van der Waals surface area (Å²) >= 11 is 3.41. The Kier molecular flexibility index (Phi) is 4.61. The third-order valence-electron chi connectivity index (χ3n) is 6.75. The molecule has 0 bridgehead atoms. The van der Waals surface area contributed by atoms with Gasteiger partial charge in [-0.2, -0.15) is 0 Å². The summed E-state index contributed by atoms with van der Waals surface area (Å²) in [5, 5.41) is 27.0. The Hall–Kier alpha value is -2.83. The quantitative estimate of drug-likeness (QED) is 0.269. The minimum Gasteiger partial charge on any atom is -0.387 e. The van der Waals surface area contributed by atoms with Gasteiger partial charge in [-0.15, -0.1) is 0 Å². The van der Waals surface area contributed by atoms with Gasteiger partial charge in [-0.05, 0) is 46.1 Å². The fourth-order valence-corrected chi connectivity index (χ4v) is 5.33. The van der Waals surface area contributed by atoms with Crippen LogP contribution >= 0.6 is 15.9 Å². The summed E-state index contributed by atoms with van der Waals surface area (Å²) in [6.45, 7) is 0.386. The zero-order valence-corrected chi connectivity index (χ0v) is 19.0. The van der Waals surface area contributed by atoms with Crippen molar-refractivity contribution in [3.63, 3.8) is 0 Å². The Bertz CT molecular complexity index is 1400. The van der Waals surface area contributed by atoms with Crippen molar-refractivity contribution >= 4 is 49.5 Å². The molecule has 1 spiro atoms. The topological polar surface area (TPSA) is 157 Å². The Morgan fingerprint density at radius 2 is 2.00 bits per heavy atom. The van der Waals surface area contributed by atoms with Crippen LogP contribution in [0.1, 0.15) is 24.3 Å². The monoisotopic (exact) mass is 511 g/mol. The molecule has 4 aromatic rings. The maximum atomic E-state index is 11.0. The Labute approximate surface area is 196 Å². The molecule has 33 heavy (non-hydrogen) atoms. The Morgan fingerprint density at radius 1 is 1.15 bits per heavy atom. The van der Waals surface area contributed by atoms with Crippen LogP contribution in [0.3, 0.4) is 0 Å². The van der Waals surface area contributed by atoms with Gasteiger partial charge in [0.05, 0.1) is 15.4 Å². The number of halogens is 1. The first-order chi connectivity index (χ1) is 15.9. The van der Waals surface area contributed by atoms with Gasteiger partial charge in [-0.3, -0.25) is 0 Å². The lowest BCUT2D eigenvalue weighted by Crippen LogP contribution is -2.44. The number of aromatic nitrogens is 4. The minimum atomic E-state index is -1.13. The van der Waals surface area contributed by atoms with E-state index in [2.05, 4.69) is 36.2 Å². The number of fused-ring (bicyclic) bond motifs is 2. The zero-order valence-electron chi connectivity index (χ0n) is 17.4. The summed E-state index contributed by atoms with van der Waals surface area (Å²) in [5.74, 6) is 0.779. The first-order valence-electron chi connectivity index (χ1n) is 10.6. The van der Waals surface area contributed by atoms with Gasteiger partial charge in [0, 0.05) is 24.2 Å². The minimum absolute atomic E-state index is 0.0824. The van der Waals surface area contributed by atoms with E-state index in [1.165, 1.54) is 6.33 Å². The molecule has 0 unspecified atom stereocenters. The van der Waals surface area contributed by atoms with Crippen molar-refractivity contribution in [2.75, 3.05) is 18.0 Å². The van der Waals surface area contributed by atoms with Crippen LogP contribution in [0.25, 0.3) is 21.9 Å². The van der Waals surface area contributed by atoms with Gasteiger partial charge in [0.15, 0.2) is 6.23 Å². The van der Waals surface area contributed by atoms with E-state index in [1.807, 2.05) is 24.3 Å². The van der Waals surface area contributed by atoms with E-state index in [0.717, 1.165) is 20.9 Å². The standard InChI is InChI=1S/C22H22BrN7O3/c23-13-5-10-1-2-11(6-14(10)29-19(13)25)15-7-22(8-26-15)17(32)16(31)21(33-22)30-4-3-12-18(24)27-9-28-20(12)30/h1-6,9,15-17,21,26,31-32H,7-8H2,(H2,25,29)(H2,24,27,28)/t15-,16-,17+,21-,22+/m1/s1. The first-order valence-corrected chi connectivity index (χ1v) is 11.4. The van der Waals surface area contributed by atoms with E-state index >= 15 is 0 Å². The predicted molar refractivity (Wildman–Crippen MR) is 126 cm³/mol. The molecule has 170 valence electrons. The highest BCUT2D eigenvalue weighted by molar-refractivity contribution is 9.10. The third kappa shape index (κ3) is 3.11. The van der Waals surface area contributed by atoms with Gasteiger partial charge < -0.3 is 36.3 Å². The Morgan fingerprint density at radius 3 is 2.85 bits per heavy atom. The number of aliphatic hydroxyl groups is 2. The summed E-state index contributed by atoms with van der Waals surface area (Å²) < 4.78 is 8.81. The largest absolute Gasteiger partial charge is 0.387 e. The summed E-state index contributed by atoms with van der Waals surface area (Å²) in [5.41, 5.74) is 13.3. The van der Waals surface area contributed by atoms with Crippen molar-refractivity contribution in [2.24, 2.45) is 0 Å². The number of anilines is 2. The molecule has 2 aliphatic heterocycles. The summed E-state index contributed by atoms with van der Waals surface area (Å²) in [4.78, 5) is 12.8. The molecule has 3 aromatic heterocycles. The summed E-state index contributed by atoms with van der Waals surface area (Å²) in [7, 11) is 0. The first kappa shape index (κ1) is 20.8. The van der Waals surface area contributed by atoms with Gasteiger partial charge in [-0.1, -0.05) is 12.1 Å². The average molecular weight is 512 g/mol. The number of ether oxygens (including phenoxy) is 1. The number of hydrogen-bond acceptors (Lipinski definition) is 9. The lowest BCUT2D eigenvalue weighted by molar-refractivity contribution is -0.0912. The highest BCUT2D eigenvalue weighted by Gasteiger charge is 2.58. The zero-order chi connectivity index (χ0) is 22.9. The van der Waals surface area contributed by atoms with Crippen LogP contribution in [0.15, 0.2) is 47.3 Å². The molecule has 0 amide bonds. The Balaban J connectivity index is 1.30. The second-order valence-corrected chi connectivity index (χ2v) is 9.53. The van der Waals surface area contributed by atoms with Gasteiger partial charge in [0.25, 0.3) is 0 Å². The normalized spacial score (nSPS) is 29.5. The average Bonchev–Trinajstić information content (AvgIpc) is 3.48. The van der Waals surface area contributed by atoms with E-state index < -0.39 is 24.0 Å². The highest BCUT2D eigenvalue weighted by Crippen LogP contribution is 2.46. The molecular formula is C22H22BrN7O3. The van der Waals surface area contributed by atoms with Gasteiger partial charge >= 0.3 is 0 Å². The number of hydrogen-bond donors (Lipinski definition) is 5. The SMILES string of the molecule is Nc1nc2cc([C@H]3C[C@@]4(CN3)O[C@@H](n3ccc5c(N)ncnc53)[C@H](O)[C@@H]4O)ccc2cc1Br. The van der Waals surface area contributed by atoms with Crippen molar-refractivity contribution < 1.29 is 14.9 Å². The predicted octanol–water partition coefficient (Wildman–Crippen LogP) is 1.63. The molecule has 7 N–H and O–H groups in total. The second-order valence-electron chi connectivity index (χ2n) is 8.67. The number of benzene rings is 1. The third-order valence-corrected chi connectivity index (χ3v) is 7.38. The molecule has 11 heteroatoms. The molecule has 1 aromatic carbocycles. The van der Waals surface area contributed by atoms with Crippen LogP contribution in [-0.2, 0) is 4.74 Å². The maximum absolute atomic E-state index is 11.0. The van der Waals surface area contributed by atoms with Crippen LogP contribution in [0, 0.1) is 0 Å². The molecule has 0 saturated carbocycles.